The van der Waals surface area contributed by atoms with Crippen molar-refractivity contribution in [1.82, 2.24) is 24.1 Å². The highest BCUT2D eigenvalue weighted by atomic mass is 32.1. The van der Waals surface area contributed by atoms with Crippen molar-refractivity contribution in [3.05, 3.63) is 261 Å². The van der Waals surface area contributed by atoms with Gasteiger partial charge in [-0.25, -0.2) is 15.0 Å². The average Bonchev–Trinajstić information content (AvgIpc) is 4.16. The van der Waals surface area contributed by atoms with Crippen molar-refractivity contribution in [2.24, 2.45) is 0 Å². The largest absolute Gasteiger partial charge is 0.309 e. The summed E-state index contributed by atoms with van der Waals surface area (Å²) in [6.07, 6.45) is 0. The summed E-state index contributed by atoms with van der Waals surface area (Å²) >= 11 is 1.86. The van der Waals surface area contributed by atoms with Crippen LogP contribution in [0.5, 0.6) is 0 Å². The van der Waals surface area contributed by atoms with Crippen LogP contribution in [0.3, 0.4) is 0 Å². The summed E-state index contributed by atoms with van der Waals surface area (Å²) in [5, 5.41) is 7.46. The van der Waals surface area contributed by atoms with Crippen LogP contribution in [0.1, 0.15) is 0 Å². The second-order valence-electron chi connectivity index (χ2n) is 19.1. The van der Waals surface area contributed by atoms with Crippen LogP contribution in [0.25, 0.3) is 143 Å². The Hall–Kier alpha value is -9.75. The van der Waals surface area contributed by atoms with Crippen LogP contribution < -0.4 is 0 Å². The van der Waals surface area contributed by atoms with Gasteiger partial charge in [-0.15, -0.1) is 11.3 Å². The van der Waals surface area contributed by atoms with E-state index in [0.717, 1.165) is 61.4 Å². The maximum Gasteiger partial charge on any atom is 0.164 e. The summed E-state index contributed by atoms with van der Waals surface area (Å²) in [5.41, 5.74) is 16.5. The summed E-state index contributed by atoms with van der Waals surface area (Å²) < 4.78 is 7.45. The predicted molar refractivity (Wildman–Crippen MR) is 314 cm³/mol. The van der Waals surface area contributed by atoms with Crippen molar-refractivity contribution >= 4 is 75.1 Å². The Morgan fingerprint density at radius 3 is 1.48 bits per heavy atom. The highest BCUT2D eigenvalue weighted by Crippen LogP contribution is 2.46. The summed E-state index contributed by atoms with van der Waals surface area (Å²) in [6.45, 7) is 0. The van der Waals surface area contributed by atoms with Crippen molar-refractivity contribution in [3.63, 3.8) is 0 Å². The Balaban J connectivity index is 0.969. The number of hydrogen-bond donors (Lipinski definition) is 0. The first-order valence-electron chi connectivity index (χ1n) is 25.3. The van der Waals surface area contributed by atoms with E-state index in [1.165, 1.54) is 63.8 Å². The van der Waals surface area contributed by atoms with Crippen LogP contribution in [-0.2, 0) is 0 Å². The van der Waals surface area contributed by atoms with E-state index < -0.39 is 0 Å². The van der Waals surface area contributed by atoms with E-state index in [0.29, 0.717) is 17.5 Å². The van der Waals surface area contributed by atoms with Crippen molar-refractivity contribution in [1.29, 1.82) is 0 Å². The molecule has 0 amide bonds. The van der Waals surface area contributed by atoms with Crippen molar-refractivity contribution < 1.29 is 0 Å². The fraction of sp³-hybridized carbons (Fsp3) is 0. The Kier molecular flexibility index (Phi) is 10.00. The molecule has 15 aromatic rings. The Bertz CT molecular complexity index is 4630. The number of aromatic nitrogens is 5. The highest BCUT2D eigenvalue weighted by Gasteiger charge is 2.22. The SMILES string of the molecule is c1ccc(-c2nc(-c3ccccc3)nc(-c3cccc(-c4cc(-c5ccc6c(c5)c5ccc7sc8ccccc8c7c5n6-c5ccccc5)cc(-c5cccc6c5c5ccccc5n6-c5ccccc5)c4)c3)n2)cc1. The summed E-state index contributed by atoms with van der Waals surface area (Å²) in [7, 11) is 0. The molecule has 0 atom stereocenters. The fourth-order valence-electron chi connectivity index (χ4n) is 11.3. The maximum atomic E-state index is 5.14. The topological polar surface area (TPSA) is 48.5 Å². The summed E-state index contributed by atoms with van der Waals surface area (Å²) in [6, 6.07) is 93.7. The van der Waals surface area contributed by atoms with Gasteiger partial charge in [-0.3, -0.25) is 0 Å². The Labute approximate surface area is 436 Å². The van der Waals surface area contributed by atoms with Gasteiger partial charge in [0.25, 0.3) is 0 Å². The standard InChI is InChI=1S/C69H43N5S/c1-5-19-44(20-6-1)67-70-68(45-21-7-2-8-22-45)72-69(71-67)48-24-17-23-46(39-48)49-40-50(42-51(41-49)54-31-18-33-61-64(54)56-29-13-15-32-59(56)73(61)52-25-9-3-10-26-52)47-35-37-60-58(43-47)55-36-38-63-65(57-30-14-16-34-62(57)75-63)66(55)74(60)53-27-11-4-12-28-53/h1-43H. The number of hydrogen-bond acceptors (Lipinski definition) is 4. The van der Waals surface area contributed by atoms with Gasteiger partial charge in [0.05, 0.1) is 22.1 Å². The molecule has 15 rings (SSSR count). The molecule has 0 aliphatic heterocycles. The Morgan fingerprint density at radius 2 is 0.773 bits per heavy atom. The van der Waals surface area contributed by atoms with Gasteiger partial charge in [0.2, 0.25) is 0 Å². The molecule has 0 unspecified atom stereocenters. The van der Waals surface area contributed by atoms with E-state index in [-0.39, 0.29) is 0 Å². The van der Waals surface area contributed by atoms with Crippen LogP contribution in [0.4, 0.5) is 0 Å². The van der Waals surface area contributed by atoms with Crippen LogP contribution in [0.15, 0.2) is 261 Å². The van der Waals surface area contributed by atoms with E-state index in [4.69, 9.17) is 15.0 Å². The average molecular weight is 974 g/mol. The van der Waals surface area contributed by atoms with Crippen LogP contribution >= 0.6 is 11.3 Å². The minimum absolute atomic E-state index is 0.618. The lowest BCUT2D eigenvalue weighted by Gasteiger charge is -2.14. The van der Waals surface area contributed by atoms with E-state index in [2.05, 4.69) is 234 Å². The van der Waals surface area contributed by atoms with Crippen molar-refractivity contribution in [3.8, 4) is 78.9 Å². The number of thiophene rings is 1. The molecule has 0 radical (unpaired) electrons. The first-order chi connectivity index (χ1) is 37.2. The number of para-hydroxylation sites is 3. The molecule has 0 aliphatic carbocycles. The van der Waals surface area contributed by atoms with Gasteiger partial charge < -0.3 is 9.13 Å². The van der Waals surface area contributed by atoms with Crippen LogP contribution in [0.2, 0.25) is 0 Å². The highest BCUT2D eigenvalue weighted by molar-refractivity contribution is 7.26. The molecule has 0 saturated carbocycles. The van der Waals surface area contributed by atoms with E-state index in [1.54, 1.807) is 0 Å². The lowest BCUT2D eigenvalue weighted by Crippen LogP contribution is -2.00. The molecule has 75 heavy (non-hydrogen) atoms. The zero-order valence-electron chi connectivity index (χ0n) is 40.5. The lowest BCUT2D eigenvalue weighted by molar-refractivity contribution is 1.07. The molecule has 11 aromatic carbocycles. The molecule has 0 aliphatic rings. The molecule has 4 aromatic heterocycles. The molecule has 0 spiro atoms. The van der Waals surface area contributed by atoms with Gasteiger partial charge in [-0.2, -0.15) is 0 Å². The summed E-state index contributed by atoms with van der Waals surface area (Å²) in [5.74, 6) is 1.88. The van der Waals surface area contributed by atoms with Gasteiger partial charge >= 0.3 is 0 Å². The van der Waals surface area contributed by atoms with Gasteiger partial charge in [-0.05, 0) is 118 Å². The minimum atomic E-state index is 0.618. The fourth-order valence-corrected chi connectivity index (χ4v) is 12.5. The quantitative estimate of drug-likeness (QED) is 0.152. The zero-order chi connectivity index (χ0) is 49.4. The molecule has 5 nitrogen and oxygen atoms in total. The number of benzene rings is 11. The van der Waals surface area contributed by atoms with Gasteiger partial charge in [0, 0.05) is 69.8 Å². The van der Waals surface area contributed by atoms with Gasteiger partial charge in [-0.1, -0.05) is 176 Å². The first kappa shape index (κ1) is 42.9. The second-order valence-corrected chi connectivity index (χ2v) is 20.2. The molecule has 0 N–H and O–H groups in total. The molecular formula is C69H43N5S. The Morgan fingerprint density at radius 1 is 0.267 bits per heavy atom. The van der Waals surface area contributed by atoms with Crippen LogP contribution in [0, 0.1) is 0 Å². The zero-order valence-corrected chi connectivity index (χ0v) is 41.3. The molecule has 6 heteroatoms. The molecule has 4 heterocycles. The first-order valence-corrected chi connectivity index (χ1v) is 26.2. The molecular weight excluding hydrogens is 931 g/mol. The van der Waals surface area contributed by atoms with Gasteiger partial charge in [0.1, 0.15) is 0 Å². The number of nitrogens with zero attached hydrogens (tertiary/aromatic N) is 5. The van der Waals surface area contributed by atoms with E-state index >= 15 is 0 Å². The third-order valence-electron chi connectivity index (χ3n) is 14.7. The van der Waals surface area contributed by atoms with E-state index in [9.17, 15) is 0 Å². The smallest absolute Gasteiger partial charge is 0.164 e. The molecule has 0 bridgehead atoms. The summed E-state index contributed by atoms with van der Waals surface area (Å²) in [4.78, 5) is 15.3. The van der Waals surface area contributed by atoms with E-state index in [1.807, 2.05) is 47.7 Å². The van der Waals surface area contributed by atoms with Gasteiger partial charge in [0.15, 0.2) is 17.5 Å². The van der Waals surface area contributed by atoms with Crippen molar-refractivity contribution in [2.75, 3.05) is 0 Å². The van der Waals surface area contributed by atoms with Crippen molar-refractivity contribution in [2.45, 2.75) is 0 Å². The van der Waals surface area contributed by atoms with Crippen LogP contribution in [-0.4, -0.2) is 24.1 Å². The minimum Gasteiger partial charge on any atom is -0.309 e. The monoisotopic (exact) mass is 973 g/mol. The number of fused-ring (bicyclic) bond motifs is 10. The third kappa shape index (κ3) is 7.18. The number of rotatable bonds is 8. The predicted octanol–water partition coefficient (Wildman–Crippen LogP) is 18.4. The normalized spacial score (nSPS) is 11.7. The lowest BCUT2D eigenvalue weighted by atomic mass is 9.91. The molecule has 0 fully saturated rings. The maximum absolute atomic E-state index is 5.14. The third-order valence-corrected chi connectivity index (χ3v) is 15.9. The molecule has 0 saturated heterocycles. The molecule has 350 valence electrons. The second kappa shape index (κ2) is 17.5.